The van der Waals surface area contributed by atoms with E-state index in [2.05, 4.69) is 181 Å². The predicted molar refractivity (Wildman–Crippen MR) is 229 cm³/mol. The smallest absolute Gasteiger partial charge is 0.149 e. The van der Waals surface area contributed by atoms with Crippen molar-refractivity contribution in [3.8, 4) is 22.3 Å². The molecule has 0 N–H and O–H groups in total. The summed E-state index contributed by atoms with van der Waals surface area (Å²) in [5.41, 5.74) is 16.4. The van der Waals surface area contributed by atoms with Gasteiger partial charge in [0.2, 0.25) is 0 Å². The van der Waals surface area contributed by atoms with E-state index in [0.29, 0.717) is 0 Å². The van der Waals surface area contributed by atoms with E-state index in [0.717, 1.165) is 66.3 Å². The molecule has 0 aliphatic heterocycles. The van der Waals surface area contributed by atoms with Crippen LogP contribution in [0.4, 0.5) is 17.1 Å². The second-order valence-electron chi connectivity index (χ2n) is 15.1. The Bertz CT molecular complexity index is 3400. The van der Waals surface area contributed by atoms with Crippen LogP contribution >= 0.6 is 0 Å². The van der Waals surface area contributed by atoms with Crippen LogP contribution in [0.1, 0.15) is 22.3 Å². The molecule has 0 saturated heterocycles. The van der Waals surface area contributed by atoms with E-state index in [-0.39, 0.29) is 0 Å². The highest BCUT2D eigenvalue weighted by Crippen LogP contribution is 2.65. The molecular formula is C53H31NO2. The molecule has 0 amide bonds. The van der Waals surface area contributed by atoms with Crippen LogP contribution in [0.3, 0.4) is 0 Å². The number of rotatable bonds is 3. The Morgan fingerprint density at radius 2 is 0.875 bits per heavy atom. The summed E-state index contributed by atoms with van der Waals surface area (Å²) in [7, 11) is 0. The quantitative estimate of drug-likeness (QED) is 0.183. The van der Waals surface area contributed by atoms with Crippen molar-refractivity contribution in [3.63, 3.8) is 0 Å². The minimum Gasteiger partial charge on any atom is -0.456 e. The summed E-state index contributed by atoms with van der Waals surface area (Å²) in [4.78, 5) is 2.49. The minimum absolute atomic E-state index is 0.472. The van der Waals surface area contributed by atoms with Crippen molar-refractivity contribution in [2.24, 2.45) is 0 Å². The third kappa shape index (κ3) is 3.67. The summed E-state index contributed by atoms with van der Waals surface area (Å²) < 4.78 is 13.6. The van der Waals surface area contributed by atoms with E-state index in [1.165, 1.54) is 49.9 Å². The van der Waals surface area contributed by atoms with E-state index in [4.69, 9.17) is 8.83 Å². The van der Waals surface area contributed by atoms with Crippen LogP contribution in [0.25, 0.3) is 76.9 Å². The van der Waals surface area contributed by atoms with Crippen molar-refractivity contribution >= 4 is 71.7 Å². The molecular weight excluding hydrogens is 683 g/mol. The zero-order valence-corrected chi connectivity index (χ0v) is 30.2. The SMILES string of the molecule is c1ccc2c(c1)-c1ccccc1C21c2ccccc2-c2c(N(c3cccc4ccccc34)c3cc4oc5ccccc5c4c4oc5ccccc5c34)cccc21. The van der Waals surface area contributed by atoms with Gasteiger partial charge in [0.05, 0.1) is 33.2 Å². The van der Waals surface area contributed by atoms with Gasteiger partial charge < -0.3 is 13.7 Å². The van der Waals surface area contributed by atoms with Gasteiger partial charge in [-0.2, -0.15) is 0 Å². The van der Waals surface area contributed by atoms with Crippen molar-refractivity contribution in [1.82, 2.24) is 0 Å². The van der Waals surface area contributed by atoms with Gasteiger partial charge in [0.15, 0.2) is 0 Å². The summed E-state index contributed by atoms with van der Waals surface area (Å²) in [6, 6.07) is 68.3. The maximum absolute atomic E-state index is 6.90. The standard InChI is InChI=1S/C53H31NO2/c1-2-17-33-32(15-1)16-13-27-43(33)54(45-31-48-51(38-22-7-11-29-46(38)55-48)52-50(45)37-21-6-12-30-47(37)56-52)44-28-14-26-42-49(44)36-20-5-10-25-41(36)53(42)39-23-8-3-18-34(39)35-19-4-9-24-40(35)53/h1-31H. The Kier molecular flexibility index (Phi) is 5.83. The first kappa shape index (κ1) is 30.0. The lowest BCUT2D eigenvalue weighted by atomic mass is 9.70. The zero-order chi connectivity index (χ0) is 36.5. The number of anilines is 3. The fraction of sp³-hybridized carbons (Fsp3) is 0.0189. The molecule has 3 heteroatoms. The molecule has 2 aliphatic rings. The number of benzene rings is 9. The average Bonchev–Trinajstić information content (AvgIpc) is 3.99. The number of fused-ring (bicyclic) bond motifs is 18. The summed E-state index contributed by atoms with van der Waals surface area (Å²) in [5, 5.41) is 6.51. The molecule has 0 atom stereocenters. The van der Waals surface area contributed by atoms with E-state index >= 15 is 0 Å². The van der Waals surface area contributed by atoms with Crippen LogP contribution in [-0.4, -0.2) is 0 Å². The number of para-hydroxylation sites is 2. The van der Waals surface area contributed by atoms with E-state index in [9.17, 15) is 0 Å². The normalized spacial score (nSPS) is 13.5. The molecule has 1 spiro atoms. The molecule has 2 heterocycles. The lowest BCUT2D eigenvalue weighted by molar-refractivity contribution is 0.663. The van der Waals surface area contributed by atoms with Gasteiger partial charge in [0.25, 0.3) is 0 Å². The molecule has 11 aromatic rings. The maximum Gasteiger partial charge on any atom is 0.149 e. The number of hydrogen-bond acceptors (Lipinski definition) is 3. The molecule has 0 bridgehead atoms. The van der Waals surface area contributed by atoms with Crippen molar-refractivity contribution in [2.75, 3.05) is 4.90 Å². The van der Waals surface area contributed by atoms with Gasteiger partial charge in [-0.3, -0.25) is 0 Å². The highest BCUT2D eigenvalue weighted by Gasteiger charge is 2.52. The number of hydrogen-bond donors (Lipinski definition) is 0. The maximum atomic E-state index is 6.90. The van der Waals surface area contributed by atoms with Crippen LogP contribution < -0.4 is 4.90 Å². The first-order valence-corrected chi connectivity index (χ1v) is 19.3. The highest BCUT2D eigenvalue weighted by molar-refractivity contribution is 6.27. The van der Waals surface area contributed by atoms with E-state index in [1.807, 2.05) is 12.1 Å². The molecule has 0 saturated carbocycles. The molecule has 0 unspecified atom stereocenters. The number of nitrogens with zero attached hydrogens (tertiary/aromatic N) is 1. The molecule has 0 radical (unpaired) electrons. The Morgan fingerprint density at radius 3 is 1.62 bits per heavy atom. The Hall–Kier alpha value is -7.36. The van der Waals surface area contributed by atoms with Gasteiger partial charge in [-0.15, -0.1) is 0 Å². The van der Waals surface area contributed by atoms with Crippen molar-refractivity contribution in [2.45, 2.75) is 5.41 Å². The molecule has 0 fully saturated rings. The van der Waals surface area contributed by atoms with Crippen molar-refractivity contribution < 1.29 is 8.83 Å². The Balaban J connectivity index is 1.22. The van der Waals surface area contributed by atoms with Crippen molar-refractivity contribution in [3.05, 3.63) is 210 Å². The second kappa shape index (κ2) is 10.9. The summed E-state index contributed by atoms with van der Waals surface area (Å²) in [6.45, 7) is 0. The summed E-state index contributed by atoms with van der Waals surface area (Å²) >= 11 is 0. The molecule has 260 valence electrons. The van der Waals surface area contributed by atoms with Crippen LogP contribution in [0.2, 0.25) is 0 Å². The fourth-order valence-corrected chi connectivity index (χ4v) is 10.4. The summed E-state index contributed by atoms with van der Waals surface area (Å²) in [6.07, 6.45) is 0. The average molecular weight is 714 g/mol. The first-order chi connectivity index (χ1) is 27.8. The zero-order valence-electron chi connectivity index (χ0n) is 30.2. The largest absolute Gasteiger partial charge is 0.456 e. The monoisotopic (exact) mass is 713 g/mol. The Labute approximate surface area is 322 Å². The van der Waals surface area contributed by atoms with Gasteiger partial charge in [-0.1, -0.05) is 158 Å². The second-order valence-corrected chi connectivity index (χ2v) is 15.1. The first-order valence-electron chi connectivity index (χ1n) is 19.3. The lowest BCUT2D eigenvalue weighted by Gasteiger charge is -2.32. The van der Waals surface area contributed by atoms with Crippen LogP contribution in [-0.2, 0) is 5.41 Å². The number of furan rings is 2. The van der Waals surface area contributed by atoms with Gasteiger partial charge >= 0.3 is 0 Å². The molecule has 56 heavy (non-hydrogen) atoms. The van der Waals surface area contributed by atoms with Gasteiger partial charge in [0.1, 0.15) is 22.3 Å². The Morgan fingerprint density at radius 1 is 0.357 bits per heavy atom. The van der Waals surface area contributed by atoms with Crippen LogP contribution in [0, 0.1) is 0 Å². The molecule has 2 aromatic heterocycles. The van der Waals surface area contributed by atoms with Gasteiger partial charge in [-0.25, -0.2) is 0 Å². The van der Waals surface area contributed by atoms with Crippen LogP contribution in [0.5, 0.6) is 0 Å². The lowest BCUT2D eigenvalue weighted by Crippen LogP contribution is -2.26. The predicted octanol–water partition coefficient (Wildman–Crippen LogP) is 14.5. The topological polar surface area (TPSA) is 29.5 Å². The van der Waals surface area contributed by atoms with Crippen LogP contribution in [0.15, 0.2) is 197 Å². The van der Waals surface area contributed by atoms with E-state index in [1.54, 1.807) is 0 Å². The molecule has 13 rings (SSSR count). The third-order valence-electron chi connectivity index (χ3n) is 12.5. The van der Waals surface area contributed by atoms with Gasteiger partial charge in [0, 0.05) is 27.8 Å². The van der Waals surface area contributed by atoms with E-state index < -0.39 is 5.41 Å². The molecule has 3 nitrogen and oxygen atoms in total. The molecule has 9 aromatic carbocycles. The fourth-order valence-electron chi connectivity index (χ4n) is 10.4. The highest BCUT2D eigenvalue weighted by atomic mass is 16.3. The van der Waals surface area contributed by atoms with Crippen molar-refractivity contribution in [1.29, 1.82) is 0 Å². The summed E-state index contributed by atoms with van der Waals surface area (Å²) in [5.74, 6) is 0. The van der Waals surface area contributed by atoms with Gasteiger partial charge in [-0.05, 0) is 68.6 Å². The minimum atomic E-state index is -0.472. The molecule has 2 aliphatic carbocycles. The third-order valence-corrected chi connectivity index (χ3v) is 12.5.